The van der Waals surface area contributed by atoms with Gasteiger partial charge in [-0.05, 0) is 30.0 Å². The molecule has 0 saturated heterocycles. The molecule has 2 heteroatoms. The fraction of sp³-hybridized carbons (Fsp3) is 0.455. The van der Waals surface area contributed by atoms with Gasteiger partial charge in [-0.15, -0.1) is 0 Å². The number of halogens is 1. The lowest BCUT2D eigenvalue weighted by Crippen LogP contribution is -2.05. The summed E-state index contributed by atoms with van der Waals surface area (Å²) >= 11 is 6.06. The van der Waals surface area contributed by atoms with Crippen LogP contribution in [0.4, 0.5) is 0 Å². The molecule has 0 saturated carbocycles. The lowest BCUT2D eigenvalue weighted by molar-refractivity contribution is 0.803. The molecule has 1 rings (SSSR count). The number of rotatable bonds is 2. The van der Waals surface area contributed by atoms with E-state index in [2.05, 4.69) is 19.9 Å². The SMILES string of the molecule is CC(C)c1cc(C(C)N)ccc1Cl. The van der Waals surface area contributed by atoms with E-state index in [-0.39, 0.29) is 6.04 Å². The molecule has 1 aromatic carbocycles. The van der Waals surface area contributed by atoms with Crippen LogP contribution in [0.1, 0.15) is 43.9 Å². The van der Waals surface area contributed by atoms with Crippen LogP contribution in [-0.4, -0.2) is 0 Å². The van der Waals surface area contributed by atoms with E-state index in [1.807, 2.05) is 19.1 Å². The quantitative estimate of drug-likeness (QED) is 0.772. The van der Waals surface area contributed by atoms with Gasteiger partial charge in [0.25, 0.3) is 0 Å². The Morgan fingerprint density at radius 1 is 1.23 bits per heavy atom. The van der Waals surface area contributed by atoms with E-state index >= 15 is 0 Å². The number of hydrogen-bond donors (Lipinski definition) is 1. The van der Waals surface area contributed by atoms with Crippen molar-refractivity contribution in [3.63, 3.8) is 0 Å². The molecule has 0 bridgehead atoms. The first-order chi connectivity index (χ1) is 6.02. The molecule has 0 spiro atoms. The smallest absolute Gasteiger partial charge is 0.0440 e. The van der Waals surface area contributed by atoms with Crippen molar-refractivity contribution in [3.8, 4) is 0 Å². The fourth-order valence-corrected chi connectivity index (χ4v) is 1.62. The summed E-state index contributed by atoms with van der Waals surface area (Å²) in [4.78, 5) is 0. The first kappa shape index (κ1) is 10.6. The average molecular weight is 198 g/mol. The van der Waals surface area contributed by atoms with E-state index in [0.29, 0.717) is 5.92 Å². The van der Waals surface area contributed by atoms with Gasteiger partial charge < -0.3 is 5.73 Å². The molecule has 0 fully saturated rings. The Kier molecular flexibility index (Phi) is 3.34. The van der Waals surface area contributed by atoms with Gasteiger partial charge in [0.1, 0.15) is 0 Å². The largest absolute Gasteiger partial charge is 0.324 e. The van der Waals surface area contributed by atoms with Crippen molar-refractivity contribution < 1.29 is 0 Å². The zero-order valence-electron chi connectivity index (χ0n) is 8.34. The second-order valence-corrected chi connectivity index (χ2v) is 4.13. The minimum atomic E-state index is 0.0785. The molecule has 72 valence electrons. The molecule has 0 aliphatic rings. The highest BCUT2D eigenvalue weighted by atomic mass is 35.5. The third-order valence-electron chi connectivity index (χ3n) is 2.17. The van der Waals surface area contributed by atoms with Crippen molar-refractivity contribution in [2.24, 2.45) is 5.73 Å². The van der Waals surface area contributed by atoms with Crippen LogP contribution in [0.25, 0.3) is 0 Å². The molecule has 1 aromatic rings. The minimum Gasteiger partial charge on any atom is -0.324 e. The molecule has 0 aliphatic heterocycles. The van der Waals surface area contributed by atoms with Gasteiger partial charge in [0, 0.05) is 11.1 Å². The molecule has 2 N–H and O–H groups in total. The lowest BCUT2D eigenvalue weighted by atomic mass is 9.98. The molecule has 1 nitrogen and oxygen atoms in total. The highest BCUT2D eigenvalue weighted by molar-refractivity contribution is 6.31. The van der Waals surface area contributed by atoms with Crippen LogP contribution in [0.3, 0.4) is 0 Å². The van der Waals surface area contributed by atoms with Crippen LogP contribution in [0.2, 0.25) is 5.02 Å². The molecular formula is C11H16ClN. The first-order valence-corrected chi connectivity index (χ1v) is 4.95. The monoisotopic (exact) mass is 197 g/mol. The molecule has 0 heterocycles. The van der Waals surface area contributed by atoms with E-state index in [9.17, 15) is 0 Å². The molecule has 1 atom stereocenters. The Morgan fingerprint density at radius 3 is 2.31 bits per heavy atom. The molecule has 0 aliphatic carbocycles. The molecule has 1 unspecified atom stereocenters. The summed E-state index contributed by atoms with van der Waals surface area (Å²) < 4.78 is 0. The van der Waals surface area contributed by atoms with E-state index in [1.54, 1.807) is 0 Å². The van der Waals surface area contributed by atoms with Gasteiger partial charge in [-0.25, -0.2) is 0 Å². The molecular weight excluding hydrogens is 182 g/mol. The summed E-state index contributed by atoms with van der Waals surface area (Å²) in [6.07, 6.45) is 0. The maximum absolute atomic E-state index is 6.06. The van der Waals surface area contributed by atoms with Gasteiger partial charge in [-0.2, -0.15) is 0 Å². The van der Waals surface area contributed by atoms with Crippen LogP contribution in [0.15, 0.2) is 18.2 Å². The second-order valence-electron chi connectivity index (χ2n) is 3.72. The Morgan fingerprint density at radius 2 is 1.85 bits per heavy atom. The van der Waals surface area contributed by atoms with Crippen LogP contribution in [0, 0.1) is 0 Å². The van der Waals surface area contributed by atoms with Crippen molar-refractivity contribution in [2.45, 2.75) is 32.7 Å². The first-order valence-electron chi connectivity index (χ1n) is 4.57. The predicted octanol–water partition coefficient (Wildman–Crippen LogP) is 3.48. The van der Waals surface area contributed by atoms with Crippen molar-refractivity contribution in [1.82, 2.24) is 0 Å². The van der Waals surface area contributed by atoms with E-state index in [1.165, 1.54) is 5.56 Å². The number of benzene rings is 1. The standard InChI is InChI=1S/C11H16ClN/c1-7(2)10-6-9(8(3)13)4-5-11(10)12/h4-8H,13H2,1-3H3. The fourth-order valence-electron chi connectivity index (χ4n) is 1.29. The zero-order chi connectivity index (χ0) is 10.0. The summed E-state index contributed by atoms with van der Waals surface area (Å²) in [7, 11) is 0. The minimum absolute atomic E-state index is 0.0785. The number of hydrogen-bond acceptors (Lipinski definition) is 1. The maximum Gasteiger partial charge on any atom is 0.0440 e. The maximum atomic E-state index is 6.06. The summed E-state index contributed by atoms with van der Waals surface area (Å²) in [5.41, 5.74) is 8.11. The Bertz CT molecular complexity index is 292. The summed E-state index contributed by atoms with van der Waals surface area (Å²) in [6, 6.07) is 6.08. The summed E-state index contributed by atoms with van der Waals surface area (Å²) in [5, 5.41) is 0.833. The normalized spacial score (nSPS) is 13.4. The van der Waals surface area contributed by atoms with E-state index in [4.69, 9.17) is 17.3 Å². The third-order valence-corrected chi connectivity index (χ3v) is 2.51. The van der Waals surface area contributed by atoms with E-state index < -0.39 is 0 Å². The second kappa shape index (κ2) is 4.12. The molecule has 0 amide bonds. The van der Waals surface area contributed by atoms with Gasteiger partial charge in [0.15, 0.2) is 0 Å². The third kappa shape index (κ3) is 2.45. The molecule has 0 aromatic heterocycles. The highest BCUT2D eigenvalue weighted by Gasteiger charge is 2.07. The van der Waals surface area contributed by atoms with Gasteiger partial charge in [0.2, 0.25) is 0 Å². The predicted molar refractivity (Wildman–Crippen MR) is 58.1 cm³/mol. The van der Waals surface area contributed by atoms with Gasteiger partial charge in [0.05, 0.1) is 0 Å². The van der Waals surface area contributed by atoms with Crippen molar-refractivity contribution in [1.29, 1.82) is 0 Å². The number of nitrogens with two attached hydrogens (primary N) is 1. The van der Waals surface area contributed by atoms with Gasteiger partial charge in [-0.1, -0.05) is 37.6 Å². The summed E-state index contributed by atoms with van der Waals surface area (Å²) in [6.45, 7) is 6.24. The van der Waals surface area contributed by atoms with Gasteiger partial charge in [-0.3, -0.25) is 0 Å². The Labute approximate surface area is 84.9 Å². The molecule has 13 heavy (non-hydrogen) atoms. The van der Waals surface area contributed by atoms with Crippen LogP contribution in [-0.2, 0) is 0 Å². The van der Waals surface area contributed by atoms with Crippen LogP contribution in [0.5, 0.6) is 0 Å². The van der Waals surface area contributed by atoms with Gasteiger partial charge >= 0.3 is 0 Å². The van der Waals surface area contributed by atoms with Crippen molar-refractivity contribution in [3.05, 3.63) is 34.3 Å². The van der Waals surface area contributed by atoms with Crippen LogP contribution < -0.4 is 5.73 Å². The molecule has 0 radical (unpaired) electrons. The van der Waals surface area contributed by atoms with E-state index in [0.717, 1.165) is 10.6 Å². The Balaban J connectivity index is 3.11. The zero-order valence-corrected chi connectivity index (χ0v) is 9.10. The topological polar surface area (TPSA) is 26.0 Å². The Hall–Kier alpha value is -0.530. The van der Waals surface area contributed by atoms with Crippen LogP contribution >= 0.6 is 11.6 Å². The van der Waals surface area contributed by atoms with Crippen molar-refractivity contribution in [2.75, 3.05) is 0 Å². The summed E-state index contributed by atoms with van der Waals surface area (Å²) in [5.74, 6) is 0.450. The lowest BCUT2D eigenvalue weighted by Gasteiger charge is -2.12. The average Bonchev–Trinajstić information content (AvgIpc) is 2.04. The van der Waals surface area contributed by atoms with Crippen molar-refractivity contribution >= 4 is 11.6 Å². The highest BCUT2D eigenvalue weighted by Crippen LogP contribution is 2.26.